The molecule has 0 amide bonds. The van der Waals surface area contributed by atoms with Gasteiger partial charge in [-0.3, -0.25) is 4.79 Å². The second-order valence-corrected chi connectivity index (χ2v) is 7.15. The Morgan fingerprint density at radius 3 is 2.60 bits per heavy atom. The van der Waals surface area contributed by atoms with Crippen LogP contribution < -0.4 is 4.74 Å². The number of fused-ring (bicyclic) bond motifs is 2. The molecule has 148 valence electrons. The van der Waals surface area contributed by atoms with E-state index in [2.05, 4.69) is 0 Å². The number of phenolic OH excluding ortho intramolecular Hbond substituents is 2. The molecule has 0 bridgehead atoms. The van der Waals surface area contributed by atoms with Gasteiger partial charge in [-0.05, 0) is 23.8 Å². The van der Waals surface area contributed by atoms with Gasteiger partial charge in [0, 0.05) is 47.4 Å². The Balaban J connectivity index is 1.71. The fourth-order valence-electron chi connectivity index (χ4n) is 3.91. The molecular weight excluding hydrogens is 385 g/mol. The van der Waals surface area contributed by atoms with Gasteiger partial charge in [0.15, 0.2) is 5.76 Å². The van der Waals surface area contributed by atoms with Gasteiger partial charge in [-0.1, -0.05) is 30.3 Å². The lowest BCUT2D eigenvalue weighted by Gasteiger charge is -2.07. The van der Waals surface area contributed by atoms with Gasteiger partial charge >= 0.3 is 0 Å². The smallest absolute Gasteiger partial charge is 0.235 e. The maximum atomic E-state index is 14.5. The Kier molecular flexibility index (Phi) is 3.89. The summed E-state index contributed by atoms with van der Waals surface area (Å²) in [5.74, 6) is -1.26. The van der Waals surface area contributed by atoms with E-state index in [0.717, 1.165) is 17.0 Å². The molecular formula is C24H16FNO4. The largest absolute Gasteiger partial charge is 0.508 e. The van der Waals surface area contributed by atoms with Crippen molar-refractivity contribution in [3.8, 4) is 28.4 Å². The Hall–Kier alpha value is -4.06. The second kappa shape index (κ2) is 6.49. The molecule has 1 aliphatic rings. The summed E-state index contributed by atoms with van der Waals surface area (Å²) >= 11 is 0. The van der Waals surface area contributed by atoms with Crippen LogP contribution in [0.25, 0.3) is 28.1 Å². The number of aromatic nitrogens is 1. The molecule has 0 spiro atoms. The van der Waals surface area contributed by atoms with Crippen LogP contribution in [0.4, 0.5) is 4.39 Å². The molecule has 0 unspecified atom stereocenters. The Bertz CT molecular complexity index is 1380. The lowest BCUT2D eigenvalue weighted by molar-refractivity contribution is 0.101. The van der Waals surface area contributed by atoms with E-state index in [1.165, 1.54) is 12.1 Å². The van der Waals surface area contributed by atoms with Crippen molar-refractivity contribution in [2.24, 2.45) is 7.05 Å². The van der Waals surface area contributed by atoms with Crippen LogP contribution in [0.2, 0.25) is 0 Å². The van der Waals surface area contributed by atoms with Crippen LogP contribution in [-0.4, -0.2) is 20.6 Å². The molecule has 30 heavy (non-hydrogen) atoms. The van der Waals surface area contributed by atoms with Gasteiger partial charge in [-0.15, -0.1) is 0 Å². The van der Waals surface area contributed by atoms with Gasteiger partial charge in [0.2, 0.25) is 5.78 Å². The first-order valence-corrected chi connectivity index (χ1v) is 9.27. The molecule has 5 rings (SSSR count). The summed E-state index contributed by atoms with van der Waals surface area (Å²) < 4.78 is 22.0. The number of rotatable bonds is 2. The highest BCUT2D eigenvalue weighted by atomic mass is 19.1. The van der Waals surface area contributed by atoms with Crippen molar-refractivity contribution in [1.82, 2.24) is 4.57 Å². The van der Waals surface area contributed by atoms with Crippen LogP contribution in [-0.2, 0) is 7.05 Å². The third-order valence-corrected chi connectivity index (χ3v) is 5.23. The number of carbonyl (C=O) groups excluding carboxylic acids is 1. The summed E-state index contributed by atoms with van der Waals surface area (Å²) in [7, 11) is 1.87. The fraction of sp³-hybridized carbons (Fsp3) is 0.0417. The number of hydrogen-bond acceptors (Lipinski definition) is 4. The third kappa shape index (κ3) is 2.65. The molecule has 6 heteroatoms. The molecule has 0 saturated heterocycles. The zero-order valence-electron chi connectivity index (χ0n) is 15.9. The van der Waals surface area contributed by atoms with Crippen LogP contribution in [0, 0.1) is 5.82 Å². The number of halogens is 1. The number of hydrogen-bond donors (Lipinski definition) is 2. The Morgan fingerprint density at radius 1 is 1.03 bits per heavy atom. The van der Waals surface area contributed by atoms with E-state index >= 15 is 0 Å². The maximum absolute atomic E-state index is 14.5. The third-order valence-electron chi connectivity index (χ3n) is 5.23. The van der Waals surface area contributed by atoms with Crippen molar-refractivity contribution in [2.45, 2.75) is 0 Å². The number of benzene rings is 3. The SMILES string of the molecule is Cn1cc(C=C2Oc3cc(O)cc(O)c3C2=O)c2c(-c3ccccc3F)cccc21. The quantitative estimate of drug-likeness (QED) is 0.463. The highest BCUT2D eigenvalue weighted by molar-refractivity contribution is 6.17. The van der Waals surface area contributed by atoms with E-state index in [1.807, 2.05) is 36.0 Å². The van der Waals surface area contributed by atoms with Gasteiger partial charge in [0.1, 0.15) is 28.6 Å². The minimum absolute atomic E-state index is 0.00798. The first-order valence-electron chi connectivity index (χ1n) is 9.27. The van der Waals surface area contributed by atoms with Crippen LogP contribution in [0.1, 0.15) is 15.9 Å². The van der Waals surface area contributed by atoms with E-state index in [0.29, 0.717) is 16.7 Å². The molecule has 0 atom stereocenters. The number of allylic oxidation sites excluding steroid dienone is 1. The molecule has 0 aliphatic carbocycles. The average Bonchev–Trinajstić information content (AvgIpc) is 3.19. The number of aromatic hydroxyl groups is 2. The summed E-state index contributed by atoms with van der Waals surface area (Å²) in [6.45, 7) is 0. The van der Waals surface area contributed by atoms with Crippen molar-refractivity contribution in [1.29, 1.82) is 0 Å². The summed E-state index contributed by atoms with van der Waals surface area (Å²) in [6.07, 6.45) is 3.41. The van der Waals surface area contributed by atoms with E-state index in [4.69, 9.17) is 4.74 Å². The zero-order valence-corrected chi connectivity index (χ0v) is 15.9. The molecule has 2 N–H and O–H groups in total. The van der Waals surface area contributed by atoms with E-state index in [9.17, 15) is 19.4 Å². The second-order valence-electron chi connectivity index (χ2n) is 7.15. The van der Waals surface area contributed by atoms with Gasteiger partial charge < -0.3 is 19.5 Å². The number of Topliss-reactive ketones (excluding diaryl/α,β-unsaturated/α-hetero) is 1. The number of carbonyl (C=O) groups is 1. The Morgan fingerprint density at radius 2 is 1.80 bits per heavy atom. The molecule has 4 aromatic rings. The molecule has 3 aromatic carbocycles. The van der Waals surface area contributed by atoms with Gasteiger partial charge in [0.25, 0.3) is 0 Å². The predicted molar refractivity (Wildman–Crippen MR) is 111 cm³/mol. The monoisotopic (exact) mass is 401 g/mol. The standard InChI is InChI=1S/C24H16FNO4/c1-26-12-13(9-21-24(29)23-19(28)10-14(27)11-20(23)30-21)22-16(6-4-8-18(22)26)15-5-2-3-7-17(15)25/h2-12,27-28H,1H3. The van der Waals surface area contributed by atoms with Gasteiger partial charge in [0.05, 0.1) is 0 Å². The lowest BCUT2D eigenvalue weighted by Crippen LogP contribution is -1.98. The van der Waals surface area contributed by atoms with Crippen molar-refractivity contribution < 1.29 is 24.1 Å². The number of ketones is 1. The molecule has 5 nitrogen and oxygen atoms in total. The van der Waals surface area contributed by atoms with Crippen molar-refractivity contribution in [2.75, 3.05) is 0 Å². The number of aryl methyl sites for hydroxylation is 1. The van der Waals surface area contributed by atoms with Crippen LogP contribution in [0.3, 0.4) is 0 Å². The van der Waals surface area contributed by atoms with Crippen molar-refractivity contribution in [3.05, 3.63) is 83.5 Å². The number of nitrogens with zero attached hydrogens (tertiary/aromatic N) is 1. The summed E-state index contributed by atoms with van der Waals surface area (Å²) in [4.78, 5) is 12.8. The predicted octanol–water partition coefficient (Wildman–Crippen LogP) is 5.01. The summed E-state index contributed by atoms with van der Waals surface area (Å²) in [5, 5.41) is 20.5. The van der Waals surface area contributed by atoms with Crippen molar-refractivity contribution >= 4 is 22.8 Å². The maximum Gasteiger partial charge on any atom is 0.235 e. The van der Waals surface area contributed by atoms with Gasteiger partial charge in [-0.2, -0.15) is 0 Å². The first-order chi connectivity index (χ1) is 14.4. The molecule has 0 radical (unpaired) electrons. The number of phenols is 2. The van der Waals surface area contributed by atoms with Crippen LogP contribution >= 0.6 is 0 Å². The molecule has 0 saturated carbocycles. The summed E-state index contributed by atoms with van der Waals surface area (Å²) in [5.41, 5.74) is 2.70. The van der Waals surface area contributed by atoms with E-state index < -0.39 is 5.78 Å². The molecule has 0 fully saturated rings. The van der Waals surface area contributed by atoms with E-state index in [1.54, 1.807) is 24.3 Å². The topological polar surface area (TPSA) is 71.7 Å². The molecule has 1 aliphatic heterocycles. The minimum atomic E-state index is -0.483. The average molecular weight is 401 g/mol. The Labute approximate surface area is 170 Å². The lowest BCUT2D eigenvalue weighted by atomic mass is 9.98. The fourth-order valence-corrected chi connectivity index (χ4v) is 3.91. The summed E-state index contributed by atoms with van der Waals surface area (Å²) in [6, 6.07) is 14.5. The minimum Gasteiger partial charge on any atom is -0.508 e. The number of ether oxygens (including phenoxy) is 1. The highest BCUT2D eigenvalue weighted by Gasteiger charge is 2.31. The van der Waals surface area contributed by atoms with E-state index in [-0.39, 0.29) is 34.4 Å². The van der Waals surface area contributed by atoms with Crippen LogP contribution in [0.15, 0.2) is 66.6 Å². The normalized spacial score (nSPS) is 14.3. The van der Waals surface area contributed by atoms with Crippen LogP contribution in [0.5, 0.6) is 17.2 Å². The molecule has 1 aromatic heterocycles. The van der Waals surface area contributed by atoms with Crippen molar-refractivity contribution in [3.63, 3.8) is 0 Å². The molecule has 2 heterocycles. The first kappa shape index (κ1) is 18.0. The van der Waals surface area contributed by atoms with Gasteiger partial charge in [-0.25, -0.2) is 4.39 Å². The highest BCUT2D eigenvalue weighted by Crippen LogP contribution is 2.41. The zero-order chi connectivity index (χ0) is 21.0.